The topological polar surface area (TPSA) is 74.6 Å². The number of hydrogen-bond donors (Lipinski definition) is 2. The molecule has 0 fully saturated rings. The normalized spacial score (nSPS) is 14.1. The molecule has 0 rings (SSSR count). The van der Waals surface area contributed by atoms with Gasteiger partial charge in [0, 0.05) is 6.42 Å². The summed E-state index contributed by atoms with van der Waals surface area (Å²) in [4.78, 5) is 21.0. The highest BCUT2D eigenvalue weighted by Crippen LogP contribution is 2.15. The summed E-state index contributed by atoms with van der Waals surface area (Å²) in [5.74, 6) is -1.40. The maximum Gasteiger partial charge on any atom is 0.306 e. The van der Waals surface area contributed by atoms with E-state index in [2.05, 4.69) is 0 Å². The molecule has 0 spiro atoms. The molecule has 0 saturated carbocycles. The summed E-state index contributed by atoms with van der Waals surface area (Å²) in [6.45, 7) is 3.72. The Bertz CT molecular complexity index is 250. The van der Waals surface area contributed by atoms with E-state index in [0.29, 0.717) is 0 Å². The minimum absolute atomic E-state index is 0.236. The summed E-state index contributed by atoms with van der Waals surface area (Å²) < 4.78 is 0. The molecular formula is C14H26O4. The van der Waals surface area contributed by atoms with Gasteiger partial charge in [-0.2, -0.15) is 0 Å². The molecule has 0 radical (unpaired) electrons. The zero-order chi connectivity index (χ0) is 14.0. The van der Waals surface area contributed by atoms with Crippen molar-refractivity contribution in [3.05, 3.63) is 0 Å². The Morgan fingerprint density at radius 1 is 0.889 bits per heavy atom. The van der Waals surface area contributed by atoms with E-state index >= 15 is 0 Å². The summed E-state index contributed by atoms with van der Waals surface area (Å²) in [7, 11) is 0. The molecule has 0 aromatic heterocycles. The minimum Gasteiger partial charge on any atom is -0.481 e. The van der Waals surface area contributed by atoms with E-state index in [-0.39, 0.29) is 18.3 Å². The van der Waals surface area contributed by atoms with Crippen molar-refractivity contribution in [2.45, 2.75) is 65.2 Å². The average molecular weight is 258 g/mol. The van der Waals surface area contributed by atoms with Gasteiger partial charge in [-0.15, -0.1) is 0 Å². The highest BCUT2D eigenvalue weighted by molar-refractivity contribution is 5.69. The summed E-state index contributed by atoms with van der Waals surface area (Å²) >= 11 is 0. The molecule has 0 aliphatic heterocycles. The van der Waals surface area contributed by atoms with Gasteiger partial charge in [0.15, 0.2) is 0 Å². The molecule has 0 aromatic carbocycles. The molecule has 0 bridgehead atoms. The van der Waals surface area contributed by atoms with Crippen LogP contribution in [0, 0.1) is 11.8 Å². The lowest BCUT2D eigenvalue weighted by molar-refractivity contribution is -0.141. The van der Waals surface area contributed by atoms with Crippen LogP contribution in [0.3, 0.4) is 0 Å². The summed E-state index contributed by atoms with van der Waals surface area (Å²) in [5, 5.41) is 17.3. The van der Waals surface area contributed by atoms with Crippen molar-refractivity contribution < 1.29 is 19.8 Å². The van der Waals surface area contributed by atoms with Gasteiger partial charge in [-0.05, 0) is 12.3 Å². The van der Waals surface area contributed by atoms with E-state index in [4.69, 9.17) is 10.2 Å². The molecule has 0 aliphatic carbocycles. The highest BCUT2D eigenvalue weighted by Gasteiger charge is 2.09. The van der Waals surface area contributed by atoms with Crippen LogP contribution in [0.1, 0.15) is 65.2 Å². The van der Waals surface area contributed by atoms with Gasteiger partial charge >= 0.3 is 11.9 Å². The van der Waals surface area contributed by atoms with Crippen LogP contribution >= 0.6 is 0 Å². The largest absolute Gasteiger partial charge is 0.481 e. The first-order valence-electron chi connectivity index (χ1n) is 6.88. The number of carboxylic acid groups (broad SMARTS) is 2. The van der Waals surface area contributed by atoms with E-state index < -0.39 is 11.9 Å². The second-order valence-electron chi connectivity index (χ2n) is 5.29. The van der Waals surface area contributed by atoms with Crippen molar-refractivity contribution in [3.63, 3.8) is 0 Å². The van der Waals surface area contributed by atoms with Crippen LogP contribution in [0.15, 0.2) is 0 Å². The van der Waals surface area contributed by atoms with Crippen molar-refractivity contribution >= 4 is 11.9 Å². The van der Waals surface area contributed by atoms with Crippen LogP contribution in [0.2, 0.25) is 0 Å². The minimum atomic E-state index is -0.717. The fourth-order valence-electron chi connectivity index (χ4n) is 2.00. The monoisotopic (exact) mass is 258 g/mol. The smallest absolute Gasteiger partial charge is 0.306 e. The second-order valence-corrected chi connectivity index (χ2v) is 5.29. The highest BCUT2D eigenvalue weighted by atomic mass is 16.4. The molecule has 0 amide bonds. The van der Waals surface area contributed by atoms with Gasteiger partial charge in [0.2, 0.25) is 0 Å². The maximum absolute atomic E-state index is 10.6. The zero-order valence-electron chi connectivity index (χ0n) is 11.5. The zero-order valence-corrected chi connectivity index (χ0v) is 11.5. The Balaban J connectivity index is 3.31. The van der Waals surface area contributed by atoms with Crippen molar-refractivity contribution in [2.24, 2.45) is 11.8 Å². The van der Waals surface area contributed by atoms with E-state index in [1.54, 1.807) is 6.92 Å². The van der Waals surface area contributed by atoms with Crippen LogP contribution in [-0.4, -0.2) is 22.2 Å². The lowest BCUT2D eigenvalue weighted by Crippen LogP contribution is -2.08. The predicted molar refractivity (Wildman–Crippen MR) is 70.5 cm³/mol. The van der Waals surface area contributed by atoms with E-state index in [9.17, 15) is 9.59 Å². The molecule has 2 N–H and O–H groups in total. The Morgan fingerprint density at radius 2 is 1.39 bits per heavy atom. The molecule has 4 nitrogen and oxygen atoms in total. The first kappa shape index (κ1) is 16.9. The van der Waals surface area contributed by atoms with E-state index in [0.717, 1.165) is 44.9 Å². The molecule has 2 atom stereocenters. The first-order chi connectivity index (χ1) is 8.43. The van der Waals surface area contributed by atoms with E-state index in [1.165, 1.54) is 0 Å². The van der Waals surface area contributed by atoms with Crippen LogP contribution < -0.4 is 0 Å². The summed E-state index contributed by atoms with van der Waals surface area (Å²) in [6.07, 6.45) is 7.34. The second kappa shape index (κ2) is 9.92. The number of carbonyl (C=O) groups is 2. The van der Waals surface area contributed by atoms with Crippen LogP contribution in [-0.2, 0) is 9.59 Å². The Kier molecular flexibility index (Phi) is 9.33. The van der Waals surface area contributed by atoms with Gasteiger partial charge in [0.25, 0.3) is 0 Å². The third kappa shape index (κ3) is 10.1. The average Bonchev–Trinajstić information content (AvgIpc) is 2.26. The number of rotatable bonds is 11. The quantitative estimate of drug-likeness (QED) is 0.556. The SMILES string of the molecule is CC(CCCCCCCC(C)C(=O)O)CC(=O)O. The fourth-order valence-corrected chi connectivity index (χ4v) is 2.00. The molecule has 18 heavy (non-hydrogen) atoms. The number of hydrogen-bond acceptors (Lipinski definition) is 2. The Hall–Kier alpha value is -1.06. The van der Waals surface area contributed by atoms with Gasteiger partial charge in [-0.3, -0.25) is 9.59 Å². The summed E-state index contributed by atoms with van der Waals surface area (Å²) in [6, 6.07) is 0. The van der Waals surface area contributed by atoms with Gasteiger partial charge in [0.05, 0.1) is 5.92 Å². The molecule has 106 valence electrons. The van der Waals surface area contributed by atoms with Gasteiger partial charge in [-0.1, -0.05) is 52.4 Å². The van der Waals surface area contributed by atoms with Crippen molar-refractivity contribution in [2.75, 3.05) is 0 Å². The Labute approximate surface area is 109 Å². The van der Waals surface area contributed by atoms with E-state index in [1.807, 2.05) is 6.92 Å². The molecule has 0 heterocycles. The van der Waals surface area contributed by atoms with Crippen molar-refractivity contribution in [3.8, 4) is 0 Å². The number of aliphatic carboxylic acids is 2. The van der Waals surface area contributed by atoms with Crippen molar-refractivity contribution in [1.82, 2.24) is 0 Å². The van der Waals surface area contributed by atoms with Gasteiger partial charge in [-0.25, -0.2) is 0 Å². The lowest BCUT2D eigenvalue weighted by Gasteiger charge is -2.08. The molecule has 0 aromatic rings. The Morgan fingerprint density at radius 3 is 1.89 bits per heavy atom. The molecule has 0 aliphatic rings. The summed E-state index contributed by atoms with van der Waals surface area (Å²) in [5.41, 5.74) is 0. The molecule has 4 heteroatoms. The fraction of sp³-hybridized carbons (Fsp3) is 0.857. The number of carboxylic acids is 2. The third-order valence-corrected chi connectivity index (χ3v) is 3.28. The maximum atomic E-state index is 10.6. The van der Waals surface area contributed by atoms with Crippen LogP contribution in [0.4, 0.5) is 0 Å². The molecule has 0 saturated heterocycles. The van der Waals surface area contributed by atoms with Crippen LogP contribution in [0.5, 0.6) is 0 Å². The lowest BCUT2D eigenvalue weighted by atomic mass is 9.98. The predicted octanol–water partition coefficient (Wildman–Crippen LogP) is 3.55. The first-order valence-corrected chi connectivity index (χ1v) is 6.88. The number of unbranched alkanes of at least 4 members (excludes halogenated alkanes) is 4. The van der Waals surface area contributed by atoms with Gasteiger partial charge < -0.3 is 10.2 Å². The molecule has 2 unspecified atom stereocenters. The third-order valence-electron chi connectivity index (χ3n) is 3.28. The molecular weight excluding hydrogens is 232 g/mol. The van der Waals surface area contributed by atoms with Gasteiger partial charge in [0.1, 0.15) is 0 Å². The standard InChI is InChI=1S/C14H26O4/c1-11(10-13(15)16)8-6-4-3-5-7-9-12(2)14(17)18/h11-12H,3-10H2,1-2H3,(H,15,16)(H,17,18). The van der Waals surface area contributed by atoms with Crippen LogP contribution in [0.25, 0.3) is 0 Å². The van der Waals surface area contributed by atoms with Crippen molar-refractivity contribution in [1.29, 1.82) is 0 Å².